The predicted molar refractivity (Wildman–Crippen MR) is 46.9 cm³/mol. The number of benzene rings is 1. The van der Waals surface area contributed by atoms with E-state index in [2.05, 4.69) is 12.6 Å². The van der Waals surface area contributed by atoms with E-state index in [9.17, 15) is 0 Å². The molecule has 0 fully saturated rings. The van der Waals surface area contributed by atoms with Gasteiger partial charge in [-0.2, -0.15) is 0 Å². The second-order valence-electron chi connectivity index (χ2n) is 2.04. The van der Waals surface area contributed by atoms with Crippen LogP contribution in [0.1, 0.15) is 0 Å². The second-order valence-corrected chi connectivity index (χ2v) is 2.52. The Bertz CT molecular complexity index is 236. The van der Waals surface area contributed by atoms with Gasteiger partial charge in [-0.1, -0.05) is 0 Å². The first-order valence-electron chi connectivity index (χ1n) is 2.74. The highest BCUT2D eigenvalue weighted by atomic mass is 32.1. The molecule has 54 valence electrons. The number of anilines is 3. The van der Waals surface area contributed by atoms with Gasteiger partial charge in [0, 0.05) is 10.6 Å². The van der Waals surface area contributed by atoms with E-state index < -0.39 is 0 Å². The maximum Gasteiger partial charge on any atom is 0.0684 e. The van der Waals surface area contributed by atoms with Gasteiger partial charge in [-0.05, 0) is 12.1 Å². The third-order valence-electron chi connectivity index (χ3n) is 1.21. The van der Waals surface area contributed by atoms with Crippen LogP contribution < -0.4 is 17.2 Å². The zero-order valence-corrected chi connectivity index (χ0v) is 6.23. The molecule has 4 heteroatoms. The molecule has 10 heavy (non-hydrogen) atoms. The quantitative estimate of drug-likeness (QED) is 0.329. The molecule has 0 spiro atoms. The van der Waals surface area contributed by atoms with E-state index in [-0.39, 0.29) is 0 Å². The lowest BCUT2D eigenvalue weighted by atomic mass is 10.2. The van der Waals surface area contributed by atoms with Gasteiger partial charge in [-0.25, -0.2) is 0 Å². The lowest BCUT2D eigenvalue weighted by Gasteiger charge is -2.03. The molecule has 0 saturated heterocycles. The van der Waals surface area contributed by atoms with E-state index in [0.29, 0.717) is 22.0 Å². The van der Waals surface area contributed by atoms with Gasteiger partial charge in [0.1, 0.15) is 0 Å². The first-order valence-corrected chi connectivity index (χ1v) is 3.19. The molecule has 1 aromatic carbocycles. The Hall–Kier alpha value is -1.03. The van der Waals surface area contributed by atoms with Gasteiger partial charge >= 0.3 is 0 Å². The van der Waals surface area contributed by atoms with E-state index in [0.717, 1.165) is 0 Å². The van der Waals surface area contributed by atoms with E-state index in [1.165, 1.54) is 0 Å². The highest BCUT2D eigenvalue weighted by Gasteiger charge is 1.98. The lowest BCUT2D eigenvalue weighted by molar-refractivity contribution is 1.47. The summed E-state index contributed by atoms with van der Waals surface area (Å²) in [6.07, 6.45) is 0. The number of hydrogen-bond donors (Lipinski definition) is 4. The second kappa shape index (κ2) is 2.30. The van der Waals surface area contributed by atoms with Crippen LogP contribution in [0.25, 0.3) is 0 Å². The number of nitrogen functional groups attached to an aromatic ring is 3. The molecule has 0 heterocycles. The summed E-state index contributed by atoms with van der Waals surface area (Å²) in [7, 11) is 0. The van der Waals surface area contributed by atoms with E-state index in [4.69, 9.17) is 17.2 Å². The normalized spacial score (nSPS) is 9.70. The minimum absolute atomic E-state index is 0.477. The van der Waals surface area contributed by atoms with Crippen LogP contribution in [0, 0.1) is 0 Å². The third-order valence-corrected chi connectivity index (χ3v) is 1.58. The summed E-state index contributed by atoms with van der Waals surface area (Å²) in [6.45, 7) is 0. The van der Waals surface area contributed by atoms with Crippen molar-refractivity contribution in [3.05, 3.63) is 12.1 Å². The maximum atomic E-state index is 5.49. The predicted octanol–water partition coefficient (Wildman–Crippen LogP) is 0.722. The molecular formula is C6H9N3S. The van der Waals surface area contributed by atoms with Crippen LogP contribution in [0.15, 0.2) is 17.0 Å². The van der Waals surface area contributed by atoms with Crippen LogP contribution in [0.2, 0.25) is 0 Å². The van der Waals surface area contributed by atoms with Gasteiger partial charge in [0.15, 0.2) is 0 Å². The van der Waals surface area contributed by atoms with Crippen molar-refractivity contribution in [1.29, 1.82) is 0 Å². The van der Waals surface area contributed by atoms with Gasteiger partial charge in [0.05, 0.1) is 11.4 Å². The van der Waals surface area contributed by atoms with E-state index in [1.54, 1.807) is 12.1 Å². The van der Waals surface area contributed by atoms with Crippen molar-refractivity contribution >= 4 is 29.7 Å². The summed E-state index contributed by atoms with van der Waals surface area (Å²) in [5.74, 6) is 0. The Morgan fingerprint density at radius 2 is 1.70 bits per heavy atom. The fourth-order valence-corrected chi connectivity index (χ4v) is 0.961. The molecule has 0 atom stereocenters. The molecule has 0 aliphatic carbocycles. The van der Waals surface area contributed by atoms with Crippen LogP contribution in [0.3, 0.4) is 0 Å². The number of thiol groups is 1. The molecular weight excluding hydrogens is 146 g/mol. The van der Waals surface area contributed by atoms with Gasteiger partial charge in [-0.15, -0.1) is 12.6 Å². The molecule has 0 bridgehead atoms. The maximum absolute atomic E-state index is 5.49. The smallest absolute Gasteiger partial charge is 0.0684 e. The number of hydrogen-bond acceptors (Lipinski definition) is 4. The van der Waals surface area contributed by atoms with Crippen molar-refractivity contribution < 1.29 is 0 Å². The van der Waals surface area contributed by atoms with Crippen molar-refractivity contribution in [2.24, 2.45) is 0 Å². The topological polar surface area (TPSA) is 78.1 Å². The van der Waals surface area contributed by atoms with Gasteiger partial charge in [0.2, 0.25) is 0 Å². The standard InChI is InChI=1S/C6H9N3S/c7-3-1-4(8)6(9)5(10)2-3/h1-2,10H,7-9H2. The Morgan fingerprint density at radius 3 is 2.20 bits per heavy atom. The average molecular weight is 155 g/mol. The number of rotatable bonds is 0. The van der Waals surface area contributed by atoms with Gasteiger partial charge in [-0.3, -0.25) is 0 Å². The Kier molecular flexibility index (Phi) is 1.63. The Balaban J connectivity index is 3.31. The molecule has 3 nitrogen and oxygen atoms in total. The zero-order chi connectivity index (χ0) is 7.72. The monoisotopic (exact) mass is 155 g/mol. The van der Waals surface area contributed by atoms with Gasteiger partial charge in [0.25, 0.3) is 0 Å². The van der Waals surface area contributed by atoms with Crippen LogP contribution >= 0.6 is 12.6 Å². The van der Waals surface area contributed by atoms with E-state index >= 15 is 0 Å². The molecule has 0 saturated carbocycles. The highest BCUT2D eigenvalue weighted by Crippen LogP contribution is 2.25. The Labute approximate surface area is 64.6 Å². The number of nitrogens with two attached hydrogens (primary N) is 3. The molecule has 0 amide bonds. The SMILES string of the molecule is Nc1cc(N)c(N)c(S)c1. The molecule has 1 aromatic rings. The summed E-state index contributed by atoms with van der Waals surface area (Å²) in [6, 6.07) is 3.27. The minimum atomic E-state index is 0.477. The summed E-state index contributed by atoms with van der Waals surface area (Å²) >= 11 is 4.05. The van der Waals surface area contributed by atoms with Crippen molar-refractivity contribution in [3.63, 3.8) is 0 Å². The molecule has 0 aromatic heterocycles. The van der Waals surface area contributed by atoms with Crippen molar-refractivity contribution in [2.75, 3.05) is 17.2 Å². The fraction of sp³-hybridized carbons (Fsp3) is 0. The molecule has 0 aliphatic rings. The average Bonchev–Trinajstić information content (AvgIpc) is 1.82. The molecule has 1 rings (SSSR count). The summed E-state index contributed by atoms with van der Waals surface area (Å²) < 4.78 is 0. The van der Waals surface area contributed by atoms with Crippen LogP contribution in [-0.4, -0.2) is 0 Å². The van der Waals surface area contributed by atoms with Crippen LogP contribution in [-0.2, 0) is 0 Å². The summed E-state index contributed by atoms with van der Waals surface area (Å²) in [5.41, 5.74) is 17.9. The largest absolute Gasteiger partial charge is 0.399 e. The minimum Gasteiger partial charge on any atom is -0.399 e. The van der Waals surface area contributed by atoms with Crippen molar-refractivity contribution in [1.82, 2.24) is 0 Å². The first kappa shape index (κ1) is 7.08. The molecule has 0 radical (unpaired) electrons. The first-order chi connectivity index (χ1) is 4.61. The highest BCUT2D eigenvalue weighted by molar-refractivity contribution is 7.80. The van der Waals surface area contributed by atoms with Crippen LogP contribution in [0.4, 0.5) is 17.1 Å². The molecule has 0 aliphatic heterocycles. The van der Waals surface area contributed by atoms with Crippen molar-refractivity contribution in [2.45, 2.75) is 4.90 Å². The summed E-state index contributed by atoms with van der Waals surface area (Å²) in [5, 5.41) is 0. The van der Waals surface area contributed by atoms with Crippen molar-refractivity contribution in [3.8, 4) is 0 Å². The third kappa shape index (κ3) is 1.11. The van der Waals surface area contributed by atoms with Gasteiger partial charge < -0.3 is 17.2 Å². The Morgan fingerprint density at radius 1 is 1.10 bits per heavy atom. The molecule has 0 unspecified atom stereocenters. The van der Waals surface area contributed by atoms with E-state index in [1.807, 2.05) is 0 Å². The lowest BCUT2D eigenvalue weighted by Crippen LogP contribution is -1.97. The fourth-order valence-electron chi connectivity index (χ4n) is 0.682. The van der Waals surface area contributed by atoms with Crippen LogP contribution in [0.5, 0.6) is 0 Å². The zero-order valence-electron chi connectivity index (χ0n) is 5.33. The molecule has 6 N–H and O–H groups in total. The summed E-state index contributed by atoms with van der Waals surface area (Å²) in [4.78, 5) is 0.623.